The number of pyridine rings is 1. The first-order chi connectivity index (χ1) is 21.8. The van der Waals surface area contributed by atoms with E-state index < -0.39 is 23.4 Å². The summed E-state index contributed by atoms with van der Waals surface area (Å²) in [4.78, 5) is 25.2. The molecule has 0 N–H and O–H groups in total. The van der Waals surface area contributed by atoms with E-state index >= 15 is 8.78 Å². The van der Waals surface area contributed by atoms with E-state index in [1.54, 1.807) is 28.8 Å². The Morgan fingerprint density at radius 3 is 2.58 bits per heavy atom. The number of oxazole rings is 1. The lowest BCUT2D eigenvalue weighted by molar-refractivity contribution is 0.0601. The van der Waals surface area contributed by atoms with E-state index in [0.29, 0.717) is 28.3 Å². The van der Waals surface area contributed by atoms with E-state index in [0.717, 1.165) is 18.2 Å². The molecule has 0 aliphatic carbocycles. The van der Waals surface area contributed by atoms with Crippen LogP contribution in [0.3, 0.4) is 0 Å². The molecule has 224 valence electrons. The van der Waals surface area contributed by atoms with Crippen LogP contribution in [0.25, 0.3) is 22.3 Å². The number of methoxy groups -OCH3 is 1. The second-order valence-corrected chi connectivity index (χ2v) is 9.90. The molecule has 0 saturated carbocycles. The van der Waals surface area contributed by atoms with Gasteiger partial charge in [0.05, 0.1) is 47.2 Å². The molecule has 0 bridgehead atoms. The van der Waals surface area contributed by atoms with Gasteiger partial charge in [-0.05, 0) is 54.1 Å². The van der Waals surface area contributed by atoms with E-state index in [2.05, 4.69) is 15.0 Å². The minimum Gasteiger partial charge on any atom is -0.473 e. The lowest BCUT2D eigenvalue weighted by Gasteiger charge is -2.11. The van der Waals surface area contributed by atoms with Crippen LogP contribution in [0.2, 0.25) is 0 Å². The van der Waals surface area contributed by atoms with Crippen molar-refractivity contribution in [2.75, 3.05) is 7.11 Å². The smallest absolute Gasteiger partial charge is 0.337 e. The van der Waals surface area contributed by atoms with Crippen LogP contribution in [-0.4, -0.2) is 32.6 Å². The molecule has 0 amide bonds. The SMILES string of the molecule is COC(=O)c1ccc2nc(Cc3cc(F)c(-c4cccc(OCc5ccc(C#N)cc5F)n4)cc3F)n(Cc3ncco3)c2c1. The third-order valence-corrected chi connectivity index (χ3v) is 7.07. The molecule has 0 spiro atoms. The Morgan fingerprint density at radius 2 is 1.82 bits per heavy atom. The normalized spacial score (nSPS) is 11.0. The topological polar surface area (TPSA) is 116 Å². The number of imidazole rings is 1. The van der Waals surface area contributed by atoms with Crippen molar-refractivity contribution in [1.82, 2.24) is 19.5 Å². The Morgan fingerprint density at radius 1 is 0.978 bits per heavy atom. The number of nitrogens with zero attached hydrogens (tertiary/aromatic N) is 5. The van der Waals surface area contributed by atoms with Gasteiger partial charge in [-0.3, -0.25) is 0 Å². The zero-order chi connectivity index (χ0) is 31.5. The number of hydrogen-bond donors (Lipinski definition) is 0. The van der Waals surface area contributed by atoms with Gasteiger partial charge in [-0.25, -0.2) is 32.9 Å². The summed E-state index contributed by atoms with van der Waals surface area (Å²) in [5, 5.41) is 8.92. The van der Waals surface area contributed by atoms with Crippen LogP contribution < -0.4 is 4.74 Å². The second-order valence-electron chi connectivity index (χ2n) is 9.90. The maximum atomic E-state index is 15.5. The Labute approximate surface area is 254 Å². The van der Waals surface area contributed by atoms with E-state index in [9.17, 15) is 9.18 Å². The summed E-state index contributed by atoms with van der Waals surface area (Å²) in [7, 11) is 1.28. The third-order valence-electron chi connectivity index (χ3n) is 7.07. The fourth-order valence-electron chi connectivity index (χ4n) is 4.82. The molecule has 0 saturated heterocycles. The fourth-order valence-corrected chi connectivity index (χ4v) is 4.82. The number of benzene rings is 3. The molecule has 45 heavy (non-hydrogen) atoms. The predicted octanol–water partition coefficient (Wildman–Crippen LogP) is 6.38. The molecule has 0 fully saturated rings. The van der Waals surface area contributed by atoms with Gasteiger partial charge in [-0.1, -0.05) is 12.1 Å². The molecule has 0 aliphatic heterocycles. The van der Waals surface area contributed by atoms with Gasteiger partial charge in [0.15, 0.2) is 0 Å². The number of rotatable bonds is 9. The molecule has 3 aromatic carbocycles. The summed E-state index contributed by atoms with van der Waals surface area (Å²) < 4.78 is 62.8. The number of nitriles is 1. The van der Waals surface area contributed by atoms with Crippen molar-refractivity contribution in [3.63, 3.8) is 0 Å². The molecular formula is C33H22F3N5O4. The molecular weight excluding hydrogens is 587 g/mol. The molecule has 9 nitrogen and oxygen atoms in total. The van der Waals surface area contributed by atoms with Crippen LogP contribution >= 0.6 is 0 Å². The highest BCUT2D eigenvalue weighted by Gasteiger charge is 2.20. The van der Waals surface area contributed by atoms with Crippen LogP contribution in [0.15, 0.2) is 83.6 Å². The maximum Gasteiger partial charge on any atom is 0.337 e. The van der Waals surface area contributed by atoms with Crippen LogP contribution in [-0.2, 0) is 24.3 Å². The maximum absolute atomic E-state index is 15.5. The fraction of sp³-hybridized carbons (Fsp3) is 0.121. The summed E-state index contributed by atoms with van der Waals surface area (Å²) in [6.07, 6.45) is 2.82. The molecule has 0 aliphatic rings. The van der Waals surface area contributed by atoms with E-state index in [4.69, 9.17) is 19.2 Å². The summed E-state index contributed by atoms with van der Waals surface area (Å²) in [5.41, 5.74) is 1.83. The first-order valence-electron chi connectivity index (χ1n) is 13.6. The van der Waals surface area contributed by atoms with Gasteiger partial charge in [0.1, 0.15) is 42.7 Å². The minimum atomic E-state index is -0.725. The van der Waals surface area contributed by atoms with Crippen molar-refractivity contribution in [2.24, 2.45) is 0 Å². The van der Waals surface area contributed by atoms with Gasteiger partial charge < -0.3 is 18.5 Å². The van der Waals surface area contributed by atoms with Crippen molar-refractivity contribution in [3.8, 4) is 23.2 Å². The first-order valence-corrected chi connectivity index (χ1v) is 13.6. The van der Waals surface area contributed by atoms with E-state index in [-0.39, 0.29) is 53.4 Å². The van der Waals surface area contributed by atoms with Gasteiger partial charge in [0.25, 0.3) is 0 Å². The Bertz CT molecular complexity index is 2090. The monoisotopic (exact) mass is 609 g/mol. The Kier molecular flexibility index (Phi) is 7.99. The number of ether oxygens (including phenoxy) is 2. The molecule has 0 atom stereocenters. The molecule has 3 heterocycles. The molecule has 6 rings (SSSR count). The number of esters is 1. The zero-order valence-electron chi connectivity index (χ0n) is 23.6. The average molecular weight is 610 g/mol. The zero-order valence-corrected chi connectivity index (χ0v) is 23.6. The predicted molar refractivity (Wildman–Crippen MR) is 155 cm³/mol. The Balaban J connectivity index is 1.28. The molecule has 0 unspecified atom stereocenters. The minimum absolute atomic E-state index is 0.0390. The molecule has 6 aromatic rings. The van der Waals surface area contributed by atoms with Crippen molar-refractivity contribution in [1.29, 1.82) is 5.26 Å². The first kappa shape index (κ1) is 29.1. The summed E-state index contributed by atoms with van der Waals surface area (Å²) in [5.74, 6) is -1.73. The standard InChI is InChI=1S/C33H22F3N5O4/c1-43-33(42)20-7-8-28-29(13-20)41(17-32-38-9-10-44-32)30(39-28)14-22-12-26(36)23(15-25(22)35)27-3-2-4-31(40-27)45-18-21-6-5-19(16-37)11-24(21)34/h2-13,15H,14,17-18H2,1H3. The van der Waals surface area contributed by atoms with Crippen molar-refractivity contribution < 1.29 is 31.9 Å². The highest BCUT2D eigenvalue weighted by atomic mass is 19.1. The number of carbonyl (C=O) groups is 1. The summed E-state index contributed by atoms with van der Waals surface area (Å²) in [6, 6.07) is 17.4. The number of hydrogen-bond acceptors (Lipinski definition) is 8. The second kappa shape index (κ2) is 12.3. The Hall–Kier alpha value is -5.96. The van der Waals surface area contributed by atoms with Gasteiger partial charge in [0, 0.05) is 23.6 Å². The van der Waals surface area contributed by atoms with Crippen LogP contribution in [0.4, 0.5) is 13.2 Å². The largest absolute Gasteiger partial charge is 0.473 e. The van der Waals surface area contributed by atoms with Gasteiger partial charge >= 0.3 is 5.97 Å². The molecule has 3 aromatic heterocycles. The summed E-state index contributed by atoms with van der Waals surface area (Å²) >= 11 is 0. The van der Waals surface area contributed by atoms with Gasteiger partial charge in [-0.15, -0.1) is 0 Å². The van der Waals surface area contributed by atoms with Crippen LogP contribution in [0, 0.1) is 28.8 Å². The van der Waals surface area contributed by atoms with E-state index in [1.165, 1.54) is 43.8 Å². The van der Waals surface area contributed by atoms with E-state index in [1.807, 2.05) is 6.07 Å². The van der Waals surface area contributed by atoms with Gasteiger partial charge in [-0.2, -0.15) is 5.26 Å². The molecule has 0 radical (unpaired) electrons. The van der Waals surface area contributed by atoms with Crippen molar-refractivity contribution in [3.05, 3.63) is 131 Å². The highest BCUT2D eigenvalue weighted by molar-refractivity contribution is 5.93. The van der Waals surface area contributed by atoms with Gasteiger partial charge in [0.2, 0.25) is 11.8 Å². The number of aromatic nitrogens is 4. The van der Waals surface area contributed by atoms with Crippen LogP contribution in [0.1, 0.15) is 38.8 Å². The average Bonchev–Trinajstić information content (AvgIpc) is 3.69. The lowest BCUT2D eigenvalue weighted by atomic mass is 10.0. The third kappa shape index (κ3) is 6.09. The number of fused-ring (bicyclic) bond motifs is 1. The summed E-state index contributed by atoms with van der Waals surface area (Å²) in [6.45, 7) is -0.0475. The molecule has 12 heteroatoms. The van der Waals surface area contributed by atoms with Crippen LogP contribution in [0.5, 0.6) is 5.88 Å². The number of halogens is 3. The quantitative estimate of drug-likeness (QED) is 0.174. The number of carbonyl (C=O) groups excluding carboxylic acids is 1. The van der Waals surface area contributed by atoms with Crippen molar-refractivity contribution >= 4 is 17.0 Å². The van der Waals surface area contributed by atoms with Crippen molar-refractivity contribution in [2.45, 2.75) is 19.6 Å². The highest BCUT2D eigenvalue weighted by Crippen LogP contribution is 2.29. The lowest BCUT2D eigenvalue weighted by Crippen LogP contribution is -2.08.